The molecule has 102 valence electrons. The molecule has 1 saturated heterocycles. The van der Waals surface area contributed by atoms with E-state index in [2.05, 4.69) is 15.5 Å². The van der Waals surface area contributed by atoms with Gasteiger partial charge in [-0.1, -0.05) is 6.07 Å². The van der Waals surface area contributed by atoms with E-state index in [1.165, 1.54) is 4.90 Å². The van der Waals surface area contributed by atoms with Crippen LogP contribution in [0.25, 0.3) is 0 Å². The van der Waals surface area contributed by atoms with Crippen LogP contribution in [-0.4, -0.2) is 50.0 Å². The van der Waals surface area contributed by atoms with Gasteiger partial charge in [0.1, 0.15) is 13.1 Å². The van der Waals surface area contributed by atoms with Crippen LogP contribution in [0.5, 0.6) is 0 Å². The third kappa shape index (κ3) is 5.15. The van der Waals surface area contributed by atoms with E-state index < -0.39 is 0 Å². The number of carbonyl (C=O) groups is 1. The van der Waals surface area contributed by atoms with Gasteiger partial charge in [-0.3, -0.25) is 9.78 Å². The van der Waals surface area contributed by atoms with Crippen molar-refractivity contribution in [3.63, 3.8) is 0 Å². The van der Waals surface area contributed by atoms with Crippen molar-refractivity contribution in [2.24, 2.45) is 5.10 Å². The van der Waals surface area contributed by atoms with Crippen LogP contribution < -0.4 is 10.3 Å². The van der Waals surface area contributed by atoms with Gasteiger partial charge in [0.15, 0.2) is 0 Å². The summed E-state index contributed by atoms with van der Waals surface area (Å²) in [5.41, 5.74) is 3.39. The molecule has 0 saturated carbocycles. The minimum absolute atomic E-state index is 0.0564. The summed E-state index contributed by atoms with van der Waals surface area (Å²) >= 11 is 0. The molecule has 2 rings (SSSR count). The highest BCUT2D eigenvalue weighted by Gasteiger charge is 2.14. The molecule has 19 heavy (non-hydrogen) atoms. The van der Waals surface area contributed by atoms with E-state index in [9.17, 15) is 4.79 Å². The van der Waals surface area contributed by atoms with Gasteiger partial charge in [-0.05, 0) is 6.07 Å². The van der Waals surface area contributed by atoms with Crippen molar-refractivity contribution in [3.8, 4) is 0 Å². The minimum Gasteiger partial charge on any atom is -0.370 e. The van der Waals surface area contributed by atoms with Crippen molar-refractivity contribution in [1.82, 2.24) is 10.4 Å². The number of hydrazone groups is 1. The molecule has 1 aliphatic rings. The number of amides is 1. The lowest BCUT2D eigenvalue weighted by molar-refractivity contribution is -0.907. The van der Waals surface area contributed by atoms with Gasteiger partial charge in [0, 0.05) is 18.0 Å². The largest absolute Gasteiger partial charge is 0.370 e. The number of quaternary nitrogens is 1. The number of hydrogen-bond acceptors (Lipinski definition) is 4. The lowest BCUT2D eigenvalue weighted by atomic mass is 10.3. The Kier molecular flexibility index (Phi) is 5.46. The predicted octanol–water partition coefficient (Wildman–Crippen LogP) is -1.16. The molecular formula is C13H19N4O2+. The molecule has 1 aromatic rings. The van der Waals surface area contributed by atoms with Gasteiger partial charge >= 0.3 is 0 Å². The first-order valence-electron chi connectivity index (χ1n) is 6.48. The third-order valence-corrected chi connectivity index (χ3v) is 2.99. The Bertz CT molecular complexity index is 416. The third-order valence-electron chi connectivity index (χ3n) is 2.99. The maximum Gasteiger partial charge on any atom is 0.245 e. The quantitative estimate of drug-likeness (QED) is 0.520. The Morgan fingerprint density at radius 2 is 2.37 bits per heavy atom. The van der Waals surface area contributed by atoms with E-state index in [0.29, 0.717) is 6.42 Å². The van der Waals surface area contributed by atoms with Crippen molar-refractivity contribution in [3.05, 3.63) is 30.1 Å². The topological polar surface area (TPSA) is 68.0 Å². The van der Waals surface area contributed by atoms with Crippen LogP contribution >= 0.6 is 0 Å². The number of morpholine rings is 1. The molecule has 0 aromatic carbocycles. The molecule has 1 aliphatic heterocycles. The fourth-order valence-electron chi connectivity index (χ4n) is 1.89. The van der Waals surface area contributed by atoms with E-state index >= 15 is 0 Å². The van der Waals surface area contributed by atoms with Gasteiger partial charge in [-0.25, -0.2) is 5.43 Å². The van der Waals surface area contributed by atoms with Crippen LogP contribution in [0.3, 0.4) is 0 Å². The molecule has 1 amide bonds. The fraction of sp³-hybridized carbons (Fsp3) is 0.462. The smallest absolute Gasteiger partial charge is 0.245 e. The fourth-order valence-corrected chi connectivity index (χ4v) is 1.89. The molecule has 6 heteroatoms. The lowest BCUT2D eigenvalue weighted by Gasteiger charge is -2.23. The zero-order chi connectivity index (χ0) is 13.3. The first kappa shape index (κ1) is 13.6. The Morgan fingerprint density at radius 3 is 3.11 bits per heavy atom. The number of hydrogen-bond donors (Lipinski definition) is 2. The van der Waals surface area contributed by atoms with E-state index in [1.807, 2.05) is 12.1 Å². The maximum atomic E-state index is 11.6. The highest BCUT2D eigenvalue weighted by Crippen LogP contribution is 1.89. The zero-order valence-corrected chi connectivity index (χ0v) is 10.8. The number of nitrogens with zero attached hydrogens (tertiary/aromatic N) is 2. The molecule has 0 bridgehead atoms. The molecule has 6 nitrogen and oxygen atoms in total. The Hall–Kier alpha value is -1.79. The van der Waals surface area contributed by atoms with Crippen LogP contribution in [0, 0.1) is 0 Å². The zero-order valence-electron chi connectivity index (χ0n) is 10.8. The molecule has 1 fully saturated rings. The van der Waals surface area contributed by atoms with Gasteiger partial charge in [0.2, 0.25) is 5.91 Å². The van der Waals surface area contributed by atoms with Crippen molar-refractivity contribution in [2.45, 2.75) is 6.42 Å². The Morgan fingerprint density at radius 1 is 1.53 bits per heavy atom. The average molecular weight is 263 g/mol. The summed E-state index contributed by atoms with van der Waals surface area (Å²) in [5.74, 6) is -0.0564. The van der Waals surface area contributed by atoms with Crippen molar-refractivity contribution >= 4 is 12.1 Å². The molecule has 0 spiro atoms. The van der Waals surface area contributed by atoms with Crippen LogP contribution in [0.15, 0.2) is 29.6 Å². The molecule has 0 atom stereocenters. The number of rotatable bonds is 5. The number of carbonyl (C=O) groups excluding carboxylic acids is 1. The lowest BCUT2D eigenvalue weighted by Crippen LogP contribution is -3.14. The van der Waals surface area contributed by atoms with Crippen LogP contribution in [-0.2, 0) is 9.53 Å². The van der Waals surface area contributed by atoms with Crippen molar-refractivity contribution in [1.29, 1.82) is 0 Å². The van der Waals surface area contributed by atoms with Crippen LogP contribution in [0.1, 0.15) is 12.0 Å². The maximum absolute atomic E-state index is 11.6. The van der Waals surface area contributed by atoms with E-state index in [4.69, 9.17) is 4.74 Å². The van der Waals surface area contributed by atoms with Crippen molar-refractivity contribution in [2.75, 3.05) is 32.8 Å². The van der Waals surface area contributed by atoms with Gasteiger partial charge < -0.3 is 9.64 Å². The molecular weight excluding hydrogens is 244 g/mol. The second-order valence-electron chi connectivity index (χ2n) is 4.44. The summed E-state index contributed by atoms with van der Waals surface area (Å²) in [4.78, 5) is 17.0. The van der Waals surface area contributed by atoms with E-state index in [0.717, 1.165) is 38.4 Å². The molecule has 0 radical (unpaired) electrons. The summed E-state index contributed by atoms with van der Waals surface area (Å²) < 4.78 is 5.27. The van der Waals surface area contributed by atoms with E-state index in [1.54, 1.807) is 18.6 Å². The summed E-state index contributed by atoms with van der Waals surface area (Å²) in [6.45, 7) is 4.36. The molecule has 2 heterocycles. The number of pyridine rings is 1. The van der Waals surface area contributed by atoms with Gasteiger partial charge in [-0.15, -0.1) is 0 Å². The monoisotopic (exact) mass is 263 g/mol. The second-order valence-corrected chi connectivity index (χ2v) is 4.44. The SMILES string of the molecule is O=C(CC[NH+]1CCOCC1)NN=Cc1cccnc1. The molecule has 0 unspecified atom stereocenters. The predicted molar refractivity (Wildman–Crippen MR) is 71.0 cm³/mol. The normalized spacial score (nSPS) is 16.6. The first-order valence-corrected chi connectivity index (χ1v) is 6.48. The highest BCUT2D eigenvalue weighted by molar-refractivity contribution is 5.81. The summed E-state index contributed by atoms with van der Waals surface area (Å²) in [5, 5.41) is 3.91. The van der Waals surface area contributed by atoms with E-state index in [-0.39, 0.29) is 5.91 Å². The molecule has 2 N–H and O–H groups in total. The van der Waals surface area contributed by atoms with Gasteiger partial charge in [-0.2, -0.15) is 5.10 Å². The van der Waals surface area contributed by atoms with Gasteiger partial charge in [0.25, 0.3) is 0 Å². The highest BCUT2D eigenvalue weighted by atomic mass is 16.5. The Labute approximate surface area is 112 Å². The molecule has 1 aromatic heterocycles. The van der Waals surface area contributed by atoms with Crippen molar-refractivity contribution < 1.29 is 14.4 Å². The Balaban J connectivity index is 1.65. The standard InChI is InChI=1S/C13H18N4O2/c18-13(3-5-17-6-8-19-9-7-17)16-15-11-12-2-1-4-14-10-12/h1-2,4,10-11H,3,5-9H2,(H,16,18)/p+1. The summed E-state index contributed by atoms with van der Waals surface area (Å²) in [7, 11) is 0. The van der Waals surface area contributed by atoms with Crippen LogP contribution in [0.4, 0.5) is 0 Å². The number of aromatic nitrogens is 1. The number of ether oxygens (including phenoxy) is 1. The van der Waals surface area contributed by atoms with Gasteiger partial charge in [0.05, 0.1) is 32.4 Å². The van der Waals surface area contributed by atoms with Crippen LogP contribution in [0.2, 0.25) is 0 Å². The number of nitrogens with one attached hydrogen (secondary N) is 2. The first-order chi connectivity index (χ1) is 9.34. The average Bonchev–Trinajstić information content (AvgIpc) is 2.47. The molecule has 0 aliphatic carbocycles. The second kappa shape index (κ2) is 7.60. The summed E-state index contributed by atoms with van der Waals surface area (Å²) in [6.07, 6.45) is 5.46. The summed E-state index contributed by atoms with van der Waals surface area (Å²) in [6, 6.07) is 3.70. The minimum atomic E-state index is -0.0564.